The van der Waals surface area contributed by atoms with Crippen LogP contribution in [0.25, 0.3) is 0 Å². The summed E-state index contributed by atoms with van der Waals surface area (Å²) < 4.78 is 0.888. The summed E-state index contributed by atoms with van der Waals surface area (Å²) in [6.45, 7) is 0.884. The third-order valence-electron chi connectivity index (χ3n) is 6.16. The lowest BCUT2D eigenvalue weighted by molar-refractivity contribution is -0.384. The van der Waals surface area contributed by atoms with Crippen molar-refractivity contribution in [3.8, 4) is 0 Å². The van der Waals surface area contributed by atoms with Crippen molar-refractivity contribution in [1.82, 2.24) is 4.90 Å². The lowest BCUT2D eigenvalue weighted by atomic mass is 9.98. The van der Waals surface area contributed by atoms with Crippen molar-refractivity contribution < 1.29 is 9.72 Å². The number of carbonyl (C=O) groups excluding carboxylic acids is 1. The van der Waals surface area contributed by atoms with Gasteiger partial charge in [0.15, 0.2) is 0 Å². The van der Waals surface area contributed by atoms with Crippen LogP contribution in [0.2, 0.25) is 0 Å². The molecular formula is C28H22BrN3O3. The minimum Gasteiger partial charge on any atom is -0.342 e. The minimum atomic E-state index is -0.462. The van der Waals surface area contributed by atoms with E-state index in [9.17, 15) is 14.9 Å². The molecule has 174 valence electrons. The Bertz CT molecular complexity index is 1380. The zero-order chi connectivity index (χ0) is 24.4. The number of anilines is 1. The number of carbonyl (C=O) groups is 1. The highest BCUT2D eigenvalue weighted by Gasteiger charge is 2.40. The number of hydrogen-bond acceptors (Lipinski definition) is 4. The molecule has 0 bridgehead atoms. The van der Waals surface area contributed by atoms with E-state index in [0.717, 1.165) is 21.2 Å². The Balaban J connectivity index is 1.71. The summed E-state index contributed by atoms with van der Waals surface area (Å²) in [6.07, 6.45) is -0.424. The fourth-order valence-electron chi connectivity index (χ4n) is 4.54. The van der Waals surface area contributed by atoms with Gasteiger partial charge in [0.25, 0.3) is 11.6 Å². The van der Waals surface area contributed by atoms with Gasteiger partial charge in [-0.05, 0) is 23.3 Å². The zero-order valence-corrected chi connectivity index (χ0v) is 20.3. The topological polar surface area (TPSA) is 66.7 Å². The van der Waals surface area contributed by atoms with Crippen molar-refractivity contribution in [2.45, 2.75) is 19.3 Å². The maximum atomic E-state index is 14.0. The molecule has 1 aliphatic heterocycles. The second kappa shape index (κ2) is 9.72. The monoisotopic (exact) mass is 527 g/mol. The molecule has 1 aliphatic rings. The molecule has 7 heteroatoms. The van der Waals surface area contributed by atoms with E-state index in [2.05, 4.69) is 20.8 Å². The number of halogens is 1. The summed E-state index contributed by atoms with van der Waals surface area (Å²) in [5.41, 5.74) is 3.89. The molecular weight excluding hydrogens is 506 g/mol. The van der Waals surface area contributed by atoms with Crippen LogP contribution in [0.4, 0.5) is 11.4 Å². The Morgan fingerprint density at radius 1 is 0.771 bits per heavy atom. The van der Waals surface area contributed by atoms with Crippen LogP contribution in [-0.4, -0.2) is 15.7 Å². The van der Waals surface area contributed by atoms with Crippen LogP contribution >= 0.6 is 15.9 Å². The predicted octanol–water partition coefficient (Wildman–Crippen LogP) is 6.72. The molecule has 0 aromatic heterocycles. The Labute approximate surface area is 211 Å². The van der Waals surface area contributed by atoms with E-state index in [4.69, 9.17) is 0 Å². The third-order valence-corrected chi connectivity index (χ3v) is 6.88. The maximum absolute atomic E-state index is 14.0. The van der Waals surface area contributed by atoms with Gasteiger partial charge >= 0.3 is 0 Å². The van der Waals surface area contributed by atoms with E-state index in [0.29, 0.717) is 24.3 Å². The average molecular weight is 528 g/mol. The fraction of sp³-hybridized carbons (Fsp3) is 0.107. The lowest BCUT2D eigenvalue weighted by Crippen LogP contribution is -2.49. The summed E-state index contributed by atoms with van der Waals surface area (Å²) >= 11 is 3.69. The van der Waals surface area contributed by atoms with E-state index in [1.807, 2.05) is 84.9 Å². The van der Waals surface area contributed by atoms with Gasteiger partial charge < -0.3 is 9.80 Å². The van der Waals surface area contributed by atoms with E-state index < -0.39 is 11.1 Å². The number of non-ortho nitro benzene ring substituents is 1. The minimum absolute atomic E-state index is 0.101. The van der Waals surface area contributed by atoms with Gasteiger partial charge in [0, 0.05) is 35.3 Å². The Kier molecular flexibility index (Phi) is 6.33. The Morgan fingerprint density at radius 2 is 1.34 bits per heavy atom. The van der Waals surface area contributed by atoms with E-state index in [1.54, 1.807) is 11.0 Å². The number of nitrogens with zero attached hydrogens (tertiary/aromatic N) is 3. The Morgan fingerprint density at radius 3 is 1.94 bits per heavy atom. The number of benzene rings is 4. The first-order chi connectivity index (χ1) is 17.0. The summed E-state index contributed by atoms with van der Waals surface area (Å²) in [6, 6.07) is 32.2. The molecule has 4 aromatic rings. The van der Waals surface area contributed by atoms with Crippen LogP contribution in [0, 0.1) is 10.1 Å². The van der Waals surface area contributed by atoms with Gasteiger partial charge in [-0.3, -0.25) is 14.9 Å². The summed E-state index contributed by atoms with van der Waals surface area (Å²) in [5.74, 6) is -0.238. The van der Waals surface area contributed by atoms with Crippen molar-refractivity contribution in [3.05, 3.63) is 140 Å². The van der Waals surface area contributed by atoms with Crippen LogP contribution in [-0.2, 0) is 13.1 Å². The molecule has 0 unspecified atom stereocenters. The van der Waals surface area contributed by atoms with Crippen LogP contribution in [0.1, 0.15) is 33.2 Å². The highest BCUT2D eigenvalue weighted by molar-refractivity contribution is 9.10. The maximum Gasteiger partial charge on any atom is 0.270 e. The molecule has 6 nitrogen and oxygen atoms in total. The number of nitro benzene ring substituents is 1. The van der Waals surface area contributed by atoms with Crippen LogP contribution in [0.15, 0.2) is 108 Å². The first-order valence-electron chi connectivity index (χ1n) is 11.2. The molecule has 0 radical (unpaired) electrons. The average Bonchev–Trinajstić information content (AvgIpc) is 2.88. The van der Waals surface area contributed by atoms with Crippen LogP contribution < -0.4 is 4.90 Å². The molecule has 35 heavy (non-hydrogen) atoms. The van der Waals surface area contributed by atoms with E-state index in [1.165, 1.54) is 12.1 Å². The van der Waals surface area contributed by atoms with E-state index >= 15 is 0 Å². The SMILES string of the molecule is O=C1c2cc([N+](=O)[O-])ccc2N(Cc2ccccc2)[C@H](c2ccccc2Br)N1Cc1ccccc1. The quantitative estimate of drug-likeness (QED) is 0.206. The van der Waals surface area contributed by atoms with E-state index in [-0.39, 0.29) is 11.6 Å². The standard InChI is InChI=1S/C28H22BrN3O3/c29-25-14-8-7-13-23(25)27-30(18-20-9-3-1-4-10-20)26-16-15-22(32(34)35)17-24(26)28(33)31(27)19-21-11-5-2-6-12-21/h1-17,27H,18-19H2/t27-/m0/s1. The normalized spacial score (nSPS) is 15.1. The highest BCUT2D eigenvalue weighted by atomic mass is 79.9. The lowest BCUT2D eigenvalue weighted by Gasteiger charge is -2.46. The summed E-state index contributed by atoms with van der Waals surface area (Å²) in [7, 11) is 0. The molecule has 1 atom stereocenters. The molecule has 5 rings (SSSR count). The second-order valence-corrected chi connectivity index (χ2v) is 9.24. The molecule has 1 amide bonds. The van der Waals surface area contributed by atoms with Crippen molar-refractivity contribution in [3.63, 3.8) is 0 Å². The van der Waals surface area contributed by atoms with Gasteiger partial charge in [-0.2, -0.15) is 0 Å². The second-order valence-electron chi connectivity index (χ2n) is 8.39. The first kappa shape index (κ1) is 22.8. The van der Waals surface area contributed by atoms with Gasteiger partial charge in [0.2, 0.25) is 0 Å². The largest absolute Gasteiger partial charge is 0.342 e. The number of nitro groups is 1. The predicted molar refractivity (Wildman–Crippen MR) is 139 cm³/mol. The van der Waals surface area contributed by atoms with Crippen molar-refractivity contribution in [1.29, 1.82) is 0 Å². The molecule has 0 saturated heterocycles. The van der Waals surface area contributed by atoms with Gasteiger partial charge in [-0.15, -0.1) is 0 Å². The molecule has 0 spiro atoms. The number of amides is 1. The number of rotatable bonds is 6. The van der Waals surface area contributed by atoms with Gasteiger partial charge in [-0.1, -0.05) is 94.8 Å². The number of hydrogen-bond donors (Lipinski definition) is 0. The molecule has 0 N–H and O–H groups in total. The van der Waals surface area contributed by atoms with Gasteiger partial charge in [0.1, 0.15) is 6.17 Å². The molecule has 1 heterocycles. The summed E-state index contributed by atoms with van der Waals surface area (Å²) in [4.78, 5) is 29.0. The summed E-state index contributed by atoms with van der Waals surface area (Å²) in [5, 5.41) is 11.5. The molecule has 4 aromatic carbocycles. The zero-order valence-electron chi connectivity index (χ0n) is 18.8. The molecule has 0 fully saturated rings. The van der Waals surface area contributed by atoms with Crippen molar-refractivity contribution >= 4 is 33.2 Å². The van der Waals surface area contributed by atoms with Gasteiger partial charge in [0.05, 0.1) is 16.2 Å². The molecule has 0 aliphatic carbocycles. The highest BCUT2D eigenvalue weighted by Crippen LogP contribution is 2.43. The Hall–Kier alpha value is -3.97. The smallest absolute Gasteiger partial charge is 0.270 e. The van der Waals surface area contributed by atoms with Crippen molar-refractivity contribution in [2.24, 2.45) is 0 Å². The third kappa shape index (κ3) is 4.55. The van der Waals surface area contributed by atoms with Crippen LogP contribution in [0.5, 0.6) is 0 Å². The van der Waals surface area contributed by atoms with Crippen molar-refractivity contribution in [2.75, 3.05) is 4.90 Å². The van der Waals surface area contributed by atoms with Gasteiger partial charge in [-0.25, -0.2) is 0 Å². The molecule has 0 saturated carbocycles. The van der Waals surface area contributed by atoms with Crippen LogP contribution in [0.3, 0.4) is 0 Å². The first-order valence-corrected chi connectivity index (χ1v) is 12.0. The fourth-order valence-corrected chi connectivity index (χ4v) is 5.03. The number of fused-ring (bicyclic) bond motifs is 1.